The van der Waals surface area contributed by atoms with Gasteiger partial charge in [-0.1, -0.05) is 60.7 Å². The number of phenolic OH excluding ortho intramolecular Hbond substituents is 1. The zero-order chi connectivity index (χ0) is 20.8. The molecule has 3 aromatic carbocycles. The van der Waals surface area contributed by atoms with Crippen LogP contribution in [0.4, 0.5) is 0 Å². The highest BCUT2D eigenvalue weighted by Crippen LogP contribution is 2.46. The molecule has 0 saturated heterocycles. The molecule has 0 aliphatic carbocycles. The summed E-state index contributed by atoms with van der Waals surface area (Å²) in [6.45, 7) is 0. The lowest BCUT2D eigenvalue weighted by molar-refractivity contribution is -0.135. The second kappa shape index (κ2) is 6.77. The molecule has 1 atom stereocenters. The Bertz CT molecular complexity index is 1340. The highest BCUT2D eigenvalue weighted by atomic mass is 16.5. The van der Waals surface area contributed by atoms with Gasteiger partial charge in [0.2, 0.25) is 11.2 Å². The van der Waals surface area contributed by atoms with Crippen molar-refractivity contribution < 1.29 is 24.2 Å². The number of phenols is 1. The Balaban J connectivity index is 1.88. The van der Waals surface area contributed by atoms with Gasteiger partial charge in [-0.2, -0.15) is 0 Å². The first-order chi connectivity index (χ1) is 14.5. The van der Waals surface area contributed by atoms with Gasteiger partial charge in [0.15, 0.2) is 5.76 Å². The maximum absolute atomic E-state index is 13.0. The van der Waals surface area contributed by atoms with E-state index in [1.54, 1.807) is 30.3 Å². The third kappa shape index (κ3) is 2.73. The summed E-state index contributed by atoms with van der Waals surface area (Å²) in [4.78, 5) is 25.2. The van der Waals surface area contributed by atoms with Crippen LogP contribution in [0.3, 0.4) is 0 Å². The lowest BCUT2D eigenvalue weighted by atomic mass is 9.85. The van der Waals surface area contributed by atoms with E-state index in [0.717, 1.165) is 5.56 Å². The van der Waals surface area contributed by atoms with Crippen molar-refractivity contribution in [3.63, 3.8) is 0 Å². The molecule has 0 bridgehead atoms. The van der Waals surface area contributed by atoms with Gasteiger partial charge in [0.25, 0.3) is 0 Å². The Hall–Kier alpha value is -4.06. The molecular formula is C24H16O6. The average molecular weight is 400 g/mol. The minimum atomic E-state index is -0.751. The first kappa shape index (κ1) is 18.0. The van der Waals surface area contributed by atoms with Crippen molar-refractivity contribution >= 4 is 16.9 Å². The molecule has 2 heterocycles. The molecule has 4 aromatic rings. The predicted molar refractivity (Wildman–Crippen MR) is 110 cm³/mol. The maximum atomic E-state index is 13.0. The summed E-state index contributed by atoms with van der Waals surface area (Å²) in [7, 11) is 0. The monoisotopic (exact) mass is 400 g/mol. The largest absolute Gasteiger partial charge is 0.507 e. The molecule has 1 aliphatic rings. The first-order valence-corrected chi connectivity index (χ1v) is 9.41. The zero-order valence-electron chi connectivity index (χ0n) is 15.7. The van der Waals surface area contributed by atoms with Crippen molar-refractivity contribution in [1.82, 2.24) is 0 Å². The second-order valence-corrected chi connectivity index (χ2v) is 7.13. The van der Waals surface area contributed by atoms with E-state index in [-0.39, 0.29) is 28.9 Å². The summed E-state index contributed by atoms with van der Waals surface area (Å²) < 4.78 is 11.4. The van der Waals surface area contributed by atoms with E-state index in [1.165, 1.54) is 6.07 Å². The molecule has 0 saturated carbocycles. The third-order valence-corrected chi connectivity index (χ3v) is 5.30. The van der Waals surface area contributed by atoms with Gasteiger partial charge in [-0.05, 0) is 5.56 Å². The fraction of sp³-hybridized carbons (Fsp3) is 0.0833. The molecule has 1 aliphatic heterocycles. The van der Waals surface area contributed by atoms with E-state index in [1.807, 2.05) is 30.3 Å². The van der Waals surface area contributed by atoms with E-state index in [0.29, 0.717) is 11.1 Å². The molecule has 0 fully saturated rings. The van der Waals surface area contributed by atoms with Crippen LogP contribution in [0.15, 0.2) is 75.9 Å². The maximum Gasteiger partial charge on any atom is 0.312 e. The van der Waals surface area contributed by atoms with Gasteiger partial charge in [0.1, 0.15) is 22.5 Å². The molecule has 0 amide bonds. The van der Waals surface area contributed by atoms with Crippen molar-refractivity contribution in [2.24, 2.45) is 0 Å². The summed E-state index contributed by atoms with van der Waals surface area (Å²) in [5.41, 5.74) is 1.18. The topological polar surface area (TPSA) is 97.0 Å². The van der Waals surface area contributed by atoms with E-state index in [9.17, 15) is 19.8 Å². The molecule has 30 heavy (non-hydrogen) atoms. The molecule has 148 valence electrons. The third-order valence-electron chi connectivity index (χ3n) is 5.30. The summed E-state index contributed by atoms with van der Waals surface area (Å²) in [5, 5.41) is 20.8. The van der Waals surface area contributed by atoms with Crippen LogP contribution in [0, 0.1) is 0 Å². The molecule has 0 radical (unpaired) electrons. The molecule has 0 unspecified atom stereocenters. The van der Waals surface area contributed by atoms with E-state index < -0.39 is 28.8 Å². The van der Waals surface area contributed by atoms with Crippen LogP contribution in [-0.2, 0) is 4.79 Å². The summed E-state index contributed by atoms with van der Waals surface area (Å²) >= 11 is 0. The number of fused-ring (bicyclic) bond motifs is 3. The van der Waals surface area contributed by atoms with Gasteiger partial charge in [-0.15, -0.1) is 0 Å². The fourth-order valence-electron chi connectivity index (χ4n) is 3.94. The Morgan fingerprint density at radius 1 is 0.900 bits per heavy atom. The predicted octanol–water partition coefficient (Wildman–Crippen LogP) is 4.31. The van der Waals surface area contributed by atoms with Crippen molar-refractivity contribution in [3.05, 3.63) is 88.1 Å². The standard InChI is InChI=1S/C24H16O6/c25-16-12-17-19(15(11-18(26)29-17)13-7-3-1-4-8-13)24-20(16)21(27)22(28)23(30-24)14-9-5-2-6-10-14/h1-10,12,15,25,28H,11H2/t15-/m0/s1. The number of benzene rings is 3. The molecular weight excluding hydrogens is 384 g/mol. The normalized spacial score (nSPS) is 15.6. The quantitative estimate of drug-likeness (QED) is 0.384. The molecule has 2 N–H and O–H groups in total. The number of ether oxygens (including phenoxy) is 1. The van der Waals surface area contributed by atoms with Gasteiger partial charge < -0.3 is 19.4 Å². The molecule has 6 heteroatoms. The summed E-state index contributed by atoms with van der Waals surface area (Å²) in [5.74, 6) is -1.76. The minimum Gasteiger partial charge on any atom is -0.507 e. The van der Waals surface area contributed by atoms with Crippen LogP contribution in [0.25, 0.3) is 22.3 Å². The van der Waals surface area contributed by atoms with Crippen molar-refractivity contribution in [2.45, 2.75) is 12.3 Å². The number of esters is 1. The van der Waals surface area contributed by atoms with Crippen LogP contribution in [0.2, 0.25) is 0 Å². The van der Waals surface area contributed by atoms with Crippen molar-refractivity contribution in [2.75, 3.05) is 0 Å². The van der Waals surface area contributed by atoms with Gasteiger partial charge in [-0.3, -0.25) is 9.59 Å². The molecule has 6 nitrogen and oxygen atoms in total. The first-order valence-electron chi connectivity index (χ1n) is 9.41. The van der Waals surface area contributed by atoms with E-state index in [2.05, 4.69) is 0 Å². The lowest BCUT2D eigenvalue weighted by Crippen LogP contribution is -2.22. The lowest BCUT2D eigenvalue weighted by Gasteiger charge is -2.26. The Morgan fingerprint density at radius 3 is 2.27 bits per heavy atom. The van der Waals surface area contributed by atoms with Crippen molar-refractivity contribution in [1.29, 1.82) is 0 Å². The fourth-order valence-corrected chi connectivity index (χ4v) is 3.94. The number of hydrogen-bond acceptors (Lipinski definition) is 6. The Morgan fingerprint density at radius 2 is 1.57 bits per heavy atom. The minimum absolute atomic E-state index is 0.00962. The number of carbonyl (C=O) groups is 1. The van der Waals surface area contributed by atoms with E-state index >= 15 is 0 Å². The number of rotatable bonds is 2. The SMILES string of the molecule is O=C1C[C@@H](c2ccccc2)c2c(cc(O)c3c(=O)c(O)c(-c4ccccc4)oc23)O1. The van der Waals surface area contributed by atoms with Crippen LogP contribution in [-0.4, -0.2) is 16.2 Å². The van der Waals surface area contributed by atoms with Gasteiger partial charge >= 0.3 is 5.97 Å². The highest BCUT2D eigenvalue weighted by molar-refractivity contribution is 5.94. The van der Waals surface area contributed by atoms with E-state index in [4.69, 9.17) is 9.15 Å². The highest BCUT2D eigenvalue weighted by Gasteiger charge is 2.34. The Labute approximate surface area is 170 Å². The second-order valence-electron chi connectivity index (χ2n) is 7.13. The average Bonchev–Trinajstić information content (AvgIpc) is 2.76. The van der Waals surface area contributed by atoms with Crippen molar-refractivity contribution in [3.8, 4) is 28.6 Å². The number of aromatic hydroxyl groups is 2. The van der Waals surface area contributed by atoms with Crippen LogP contribution < -0.4 is 10.2 Å². The summed E-state index contributed by atoms with van der Waals surface area (Å²) in [6, 6.07) is 19.3. The van der Waals surface area contributed by atoms with Gasteiger partial charge in [0, 0.05) is 23.1 Å². The smallest absolute Gasteiger partial charge is 0.312 e. The molecule has 5 rings (SSSR count). The zero-order valence-corrected chi connectivity index (χ0v) is 15.7. The van der Waals surface area contributed by atoms with Crippen LogP contribution in [0.1, 0.15) is 23.5 Å². The van der Waals surface area contributed by atoms with Gasteiger partial charge in [0.05, 0.1) is 6.42 Å². The van der Waals surface area contributed by atoms with Gasteiger partial charge in [-0.25, -0.2) is 0 Å². The molecule has 1 aromatic heterocycles. The number of hydrogen-bond donors (Lipinski definition) is 2. The number of carbonyl (C=O) groups excluding carboxylic acids is 1. The van der Waals surface area contributed by atoms with Crippen LogP contribution in [0.5, 0.6) is 17.2 Å². The van der Waals surface area contributed by atoms with Crippen LogP contribution >= 0.6 is 0 Å². The Kier molecular flexibility index (Phi) is 4.06. The summed E-state index contributed by atoms with van der Waals surface area (Å²) in [6.07, 6.45) is 0.0577. The molecule has 0 spiro atoms.